The minimum Gasteiger partial charge on any atom is -0.0622 e. The molecule has 0 amide bonds. The van der Waals surface area contributed by atoms with Crippen LogP contribution in [0, 0.1) is 0 Å². The summed E-state index contributed by atoms with van der Waals surface area (Å²) in [7, 11) is 0. The molecular weight excluding hydrogens is 264 g/mol. The van der Waals surface area contributed by atoms with Gasteiger partial charge in [0.2, 0.25) is 0 Å². The van der Waals surface area contributed by atoms with Crippen molar-refractivity contribution in [1.29, 1.82) is 0 Å². The zero-order chi connectivity index (χ0) is 15.0. The number of rotatable bonds is 4. The Labute approximate surface area is 132 Å². The van der Waals surface area contributed by atoms with E-state index in [0.717, 1.165) is 0 Å². The van der Waals surface area contributed by atoms with E-state index in [0.29, 0.717) is 0 Å². The number of hydrogen-bond acceptors (Lipinski definition) is 0. The fourth-order valence-electron chi connectivity index (χ4n) is 2.41. The van der Waals surface area contributed by atoms with Crippen LogP contribution in [0.3, 0.4) is 0 Å². The SMILES string of the molecule is C(/C=C\c1ccccc1)=C(c1ccccc1)c1ccccc1. The first-order valence-corrected chi connectivity index (χ1v) is 7.48. The average molecular weight is 282 g/mol. The Bertz CT molecular complexity index is 709. The van der Waals surface area contributed by atoms with Gasteiger partial charge in [0.05, 0.1) is 0 Å². The van der Waals surface area contributed by atoms with Gasteiger partial charge in [0.1, 0.15) is 0 Å². The molecule has 3 aromatic carbocycles. The van der Waals surface area contributed by atoms with E-state index >= 15 is 0 Å². The fraction of sp³-hybridized carbons (Fsp3) is 0. The van der Waals surface area contributed by atoms with E-state index in [2.05, 4.69) is 91.0 Å². The molecule has 0 atom stereocenters. The van der Waals surface area contributed by atoms with E-state index in [4.69, 9.17) is 0 Å². The Hall–Kier alpha value is -2.86. The summed E-state index contributed by atoms with van der Waals surface area (Å²) in [4.78, 5) is 0. The van der Waals surface area contributed by atoms with Crippen molar-refractivity contribution in [3.63, 3.8) is 0 Å². The van der Waals surface area contributed by atoms with Crippen LogP contribution in [0.5, 0.6) is 0 Å². The van der Waals surface area contributed by atoms with Crippen molar-refractivity contribution in [3.8, 4) is 0 Å². The lowest BCUT2D eigenvalue weighted by molar-refractivity contribution is 1.55. The largest absolute Gasteiger partial charge is 0.0622 e. The van der Waals surface area contributed by atoms with Crippen molar-refractivity contribution in [3.05, 3.63) is 120 Å². The molecule has 0 nitrogen and oxygen atoms in total. The van der Waals surface area contributed by atoms with Gasteiger partial charge in [0, 0.05) is 0 Å². The molecule has 0 fully saturated rings. The molecule has 0 N–H and O–H groups in total. The lowest BCUT2D eigenvalue weighted by Gasteiger charge is -2.07. The summed E-state index contributed by atoms with van der Waals surface area (Å²) in [5.74, 6) is 0. The standard InChI is InChI=1S/C22H18/c1-4-11-19(12-5-1)13-10-18-22(20-14-6-2-7-15-20)21-16-8-3-9-17-21/h1-18H/b13-10-. The fourth-order valence-corrected chi connectivity index (χ4v) is 2.41. The number of allylic oxidation sites excluding steroid dienone is 2. The van der Waals surface area contributed by atoms with E-state index in [1.807, 2.05) is 18.2 Å². The molecular formula is C22H18. The van der Waals surface area contributed by atoms with Crippen LogP contribution in [-0.4, -0.2) is 0 Å². The first-order valence-electron chi connectivity index (χ1n) is 7.48. The first kappa shape index (κ1) is 14.1. The highest BCUT2D eigenvalue weighted by Crippen LogP contribution is 2.23. The zero-order valence-corrected chi connectivity index (χ0v) is 12.4. The Kier molecular flexibility index (Phi) is 4.63. The maximum absolute atomic E-state index is 2.18. The van der Waals surface area contributed by atoms with Crippen LogP contribution in [0.15, 0.2) is 103 Å². The average Bonchev–Trinajstić information content (AvgIpc) is 2.61. The molecule has 0 aliphatic heterocycles. The Morgan fingerprint density at radius 1 is 0.545 bits per heavy atom. The molecule has 0 aromatic heterocycles. The highest BCUT2D eigenvalue weighted by molar-refractivity contribution is 5.81. The topological polar surface area (TPSA) is 0 Å². The molecule has 0 heterocycles. The van der Waals surface area contributed by atoms with Crippen LogP contribution < -0.4 is 0 Å². The van der Waals surface area contributed by atoms with Crippen LogP contribution in [-0.2, 0) is 0 Å². The minimum absolute atomic E-state index is 1.21. The molecule has 3 aromatic rings. The van der Waals surface area contributed by atoms with E-state index in [1.54, 1.807) is 0 Å². The summed E-state index contributed by atoms with van der Waals surface area (Å²) < 4.78 is 0. The third-order valence-electron chi connectivity index (χ3n) is 3.52. The summed E-state index contributed by atoms with van der Waals surface area (Å²) in [6.07, 6.45) is 6.42. The Morgan fingerprint density at radius 2 is 1.00 bits per heavy atom. The maximum atomic E-state index is 2.18. The van der Waals surface area contributed by atoms with Gasteiger partial charge < -0.3 is 0 Å². The molecule has 0 aliphatic carbocycles. The van der Waals surface area contributed by atoms with Crippen molar-refractivity contribution in [2.45, 2.75) is 0 Å². The second kappa shape index (κ2) is 7.24. The van der Waals surface area contributed by atoms with Gasteiger partial charge in [-0.1, -0.05) is 109 Å². The van der Waals surface area contributed by atoms with Gasteiger partial charge in [-0.3, -0.25) is 0 Å². The molecule has 22 heavy (non-hydrogen) atoms. The predicted octanol–water partition coefficient (Wildman–Crippen LogP) is 5.83. The zero-order valence-electron chi connectivity index (χ0n) is 12.4. The van der Waals surface area contributed by atoms with Gasteiger partial charge in [0.25, 0.3) is 0 Å². The lowest BCUT2D eigenvalue weighted by atomic mass is 9.97. The molecule has 0 saturated carbocycles. The molecule has 0 bridgehead atoms. The second-order valence-corrected chi connectivity index (χ2v) is 5.08. The van der Waals surface area contributed by atoms with E-state index in [-0.39, 0.29) is 0 Å². The molecule has 106 valence electrons. The molecule has 0 heteroatoms. The number of hydrogen-bond donors (Lipinski definition) is 0. The van der Waals surface area contributed by atoms with Gasteiger partial charge in [-0.15, -0.1) is 0 Å². The molecule has 0 aliphatic rings. The summed E-state index contributed by atoms with van der Waals surface area (Å²) in [5, 5.41) is 0. The maximum Gasteiger partial charge on any atom is -0.0111 e. The molecule has 0 unspecified atom stereocenters. The Morgan fingerprint density at radius 3 is 1.50 bits per heavy atom. The Balaban J connectivity index is 1.96. The van der Waals surface area contributed by atoms with Crippen LogP contribution in [0.2, 0.25) is 0 Å². The quantitative estimate of drug-likeness (QED) is 0.528. The van der Waals surface area contributed by atoms with Gasteiger partial charge in [0.15, 0.2) is 0 Å². The van der Waals surface area contributed by atoms with Crippen molar-refractivity contribution in [2.24, 2.45) is 0 Å². The molecule has 0 saturated heterocycles. The van der Waals surface area contributed by atoms with Gasteiger partial charge in [-0.25, -0.2) is 0 Å². The van der Waals surface area contributed by atoms with Gasteiger partial charge >= 0.3 is 0 Å². The van der Waals surface area contributed by atoms with Crippen LogP contribution in [0.25, 0.3) is 11.6 Å². The summed E-state index contributed by atoms with van der Waals surface area (Å²) in [6, 6.07) is 31.3. The third kappa shape index (κ3) is 3.62. The summed E-state index contributed by atoms with van der Waals surface area (Å²) >= 11 is 0. The lowest BCUT2D eigenvalue weighted by Crippen LogP contribution is -1.86. The van der Waals surface area contributed by atoms with Gasteiger partial charge in [-0.2, -0.15) is 0 Å². The van der Waals surface area contributed by atoms with E-state index < -0.39 is 0 Å². The monoisotopic (exact) mass is 282 g/mol. The van der Waals surface area contributed by atoms with E-state index in [1.165, 1.54) is 22.3 Å². The normalized spacial score (nSPS) is 10.5. The second-order valence-electron chi connectivity index (χ2n) is 5.08. The van der Waals surface area contributed by atoms with Crippen LogP contribution in [0.4, 0.5) is 0 Å². The third-order valence-corrected chi connectivity index (χ3v) is 3.52. The van der Waals surface area contributed by atoms with Crippen LogP contribution in [0.1, 0.15) is 16.7 Å². The van der Waals surface area contributed by atoms with Crippen molar-refractivity contribution >= 4 is 11.6 Å². The summed E-state index contributed by atoms with van der Waals surface area (Å²) in [5.41, 5.74) is 4.89. The molecule has 0 spiro atoms. The minimum atomic E-state index is 1.21. The molecule has 0 radical (unpaired) electrons. The van der Waals surface area contributed by atoms with Crippen molar-refractivity contribution in [2.75, 3.05) is 0 Å². The van der Waals surface area contributed by atoms with Crippen LogP contribution >= 0.6 is 0 Å². The predicted molar refractivity (Wildman–Crippen MR) is 95.4 cm³/mol. The summed E-state index contributed by atoms with van der Waals surface area (Å²) in [6.45, 7) is 0. The van der Waals surface area contributed by atoms with E-state index in [9.17, 15) is 0 Å². The number of benzene rings is 3. The van der Waals surface area contributed by atoms with Gasteiger partial charge in [-0.05, 0) is 22.3 Å². The molecule has 3 rings (SSSR count). The smallest absolute Gasteiger partial charge is 0.0111 e. The van der Waals surface area contributed by atoms with Crippen molar-refractivity contribution in [1.82, 2.24) is 0 Å². The highest BCUT2D eigenvalue weighted by Gasteiger charge is 2.02. The first-order chi connectivity index (χ1) is 10.9. The highest BCUT2D eigenvalue weighted by atomic mass is 14.1. The van der Waals surface area contributed by atoms with Crippen molar-refractivity contribution < 1.29 is 0 Å².